The number of alkyl halides is 18. The molecule has 0 aromatic carbocycles. The monoisotopic (exact) mass is 1220 g/mol. The van der Waals surface area contributed by atoms with E-state index < -0.39 is 165 Å². The van der Waals surface area contributed by atoms with E-state index in [1.165, 1.54) is 34.6 Å². The summed E-state index contributed by atoms with van der Waals surface area (Å²) < 4.78 is 290. The Labute approximate surface area is 461 Å². The SMILES string of the molecule is C=C(C)C(=O)OC(C1CCC(C(C)(C)OC(C)(C)C(O)(C(F)(F)F)C(F)(F)F)C(C(C)(C)OC(C)(C)C(C)(O)C(F)(F)F)C1)C1CCC(C(C)(C)OC(C)(C)C(O)(C(F)(F)F)C(F)(F)F)C(C(C)(C)OC(C)(C)C(C)(O)C(F)(F)F)C1. The molecule has 0 amide bonds. The molecule has 10 nitrogen and oxygen atoms in total. The van der Waals surface area contributed by atoms with Crippen LogP contribution in [0.2, 0.25) is 0 Å². The highest BCUT2D eigenvalue weighted by molar-refractivity contribution is 5.87. The number of rotatable bonds is 20. The fourth-order valence-electron chi connectivity index (χ4n) is 12.7. The highest BCUT2D eigenvalue weighted by atomic mass is 19.4. The van der Waals surface area contributed by atoms with E-state index in [0.29, 0.717) is 41.5 Å². The second-order valence-electron chi connectivity index (χ2n) is 26.6. The van der Waals surface area contributed by atoms with Crippen molar-refractivity contribution >= 4 is 5.97 Å². The smallest absolute Gasteiger partial charge is 0.429 e. The molecule has 8 unspecified atom stereocenters. The number of ether oxygens (including phenoxy) is 5. The lowest BCUT2D eigenvalue weighted by atomic mass is 9.57. The van der Waals surface area contributed by atoms with E-state index >= 15 is 0 Å². The highest BCUT2D eigenvalue weighted by Crippen LogP contribution is 2.60. The van der Waals surface area contributed by atoms with Crippen molar-refractivity contribution in [1.82, 2.24) is 0 Å². The first kappa shape index (κ1) is 74.7. The second-order valence-corrected chi connectivity index (χ2v) is 26.6. The molecular formula is C53H82F18O10. The zero-order chi connectivity index (χ0) is 65.0. The first-order chi connectivity index (χ1) is 35.0. The van der Waals surface area contributed by atoms with Crippen LogP contribution in [0.5, 0.6) is 0 Å². The first-order valence-corrected chi connectivity index (χ1v) is 25.9. The maximum absolute atomic E-state index is 14.5. The van der Waals surface area contributed by atoms with E-state index in [9.17, 15) is 104 Å². The van der Waals surface area contributed by atoms with Gasteiger partial charge in [0.05, 0.1) is 22.4 Å². The van der Waals surface area contributed by atoms with Gasteiger partial charge in [0.25, 0.3) is 11.2 Å². The predicted molar refractivity (Wildman–Crippen MR) is 258 cm³/mol. The summed E-state index contributed by atoms with van der Waals surface area (Å²) in [4.78, 5) is 13.8. The summed E-state index contributed by atoms with van der Waals surface area (Å²) in [7, 11) is 0. The molecule has 0 bridgehead atoms. The van der Waals surface area contributed by atoms with E-state index in [0.717, 1.165) is 55.4 Å². The summed E-state index contributed by atoms with van der Waals surface area (Å²) in [6.07, 6.45) is -40.0. The fourth-order valence-corrected chi connectivity index (χ4v) is 12.7. The molecule has 2 aliphatic rings. The van der Waals surface area contributed by atoms with Gasteiger partial charge in [-0.1, -0.05) is 6.58 Å². The fraction of sp³-hybridized carbons (Fsp3) is 0.943. The predicted octanol–water partition coefficient (Wildman–Crippen LogP) is 14.2. The Hall–Kier alpha value is -2.37. The summed E-state index contributed by atoms with van der Waals surface area (Å²) in [6, 6.07) is 0. The number of carbonyl (C=O) groups excluding carboxylic acids is 1. The summed E-state index contributed by atoms with van der Waals surface area (Å²) in [5.74, 6) is -8.85. The standard InChI is InChI=1S/C53H82F18O10/c1-27(2)35(72)77-34(28-21-23-30(32(25-28)38(7,8)78-40(11,12)44(19,73)48(54,55)56)36(3,4)80-42(15,16)46(75,50(60,61)62)51(63,64)65)29-22-24-31(33(26-29)39(9,10)79-41(13,14)45(20,74)49(57,58)59)37(5,6)81-43(17,18)47(76,52(66,67)68)53(69,70)71/h28-34,73-76H,1,21-26H2,2-20H3. The van der Waals surface area contributed by atoms with Gasteiger partial charge in [0.15, 0.2) is 11.2 Å². The Bertz CT molecular complexity index is 2030. The van der Waals surface area contributed by atoms with E-state index in [1.807, 2.05) is 0 Å². The summed E-state index contributed by atoms with van der Waals surface area (Å²) in [6.45, 7) is 19.3. The van der Waals surface area contributed by atoms with Crippen LogP contribution in [0, 0.1) is 35.5 Å². The van der Waals surface area contributed by atoms with Gasteiger partial charge in [0, 0.05) is 5.57 Å². The van der Waals surface area contributed by atoms with Crippen molar-refractivity contribution < 1.29 is 128 Å². The van der Waals surface area contributed by atoms with Crippen LogP contribution < -0.4 is 0 Å². The third kappa shape index (κ3) is 14.1. The lowest BCUT2D eigenvalue weighted by Gasteiger charge is -2.57. The molecule has 2 fully saturated rings. The average Bonchev–Trinajstić information content (AvgIpc) is 3.20. The largest absolute Gasteiger partial charge is 0.458 e. The number of hydrogen-bond acceptors (Lipinski definition) is 10. The molecular weight excluding hydrogens is 1140 g/mol. The average molecular weight is 1220 g/mol. The lowest BCUT2D eigenvalue weighted by Crippen LogP contribution is -2.71. The number of halogens is 18. The summed E-state index contributed by atoms with van der Waals surface area (Å²) in [5, 5.41) is 43.0. The quantitative estimate of drug-likeness (QED) is 0.0528. The molecule has 4 N–H and O–H groups in total. The van der Waals surface area contributed by atoms with Crippen molar-refractivity contribution in [3.8, 4) is 0 Å². The molecule has 2 aliphatic carbocycles. The molecule has 2 rings (SSSR count). The van der Waals surface area contributed by atoms with Gasteiger partial charge in [-0.2, -0.15) is 79.0 Å². The van der Waals surface area contributed by atoms with Crippen LogP contribution in [0.25, 0.3) is 0 Å². The zero-order valence-electron chi connectivity index (χ0n) is 49.0. The van der Waals surface area contributed by atoms with Crippen LogP contribution in [0.3, 0.4) is 0 Å². The molecule has 0 aliphatic heterocycles. The lowest BCUT2D eigenvalue weighted by molar-refractivity contribution is -0.423. The van der Waals surface area contributed by atoms with Crippen LogP contribution in [0.4, 0.5) is 79.0 Å². The molecule has 0 aromatic rings. The Morgan fingerprint density at radius 2 is 0.605 bits per heavy atom. The number of esters is 1. The second kappa shape index (κ2) is 22.1. The zero-order valence-corrected chi connectivity index (χ0v) is 49.0. The minimum Gasteiger partial charge on any atom is -0.458 e. The van der Waals surface area contributed by atoms with Crippen molar-refractivity contribution in [3.05, 3.63) is 12.2 Å². The van der Waals surface area contributed by atoms with E-state index in [4.69, 9.17) is 23.7 Å². The Morgan fingerprint density at radius 1 is 0.383 bits per heavy atom. The minimum absolute atomic E-state index is 0.229. The van der Waals surface area contributed by atoms with Crippen LogP contribution in [0.1, 0.15) is 170 Å². The normalized spacial score (nSPS) is 25.0. The minimum atomic E-state index is -6.42. The molecule has 2 saturated carbocycles. The van der Waals surface area contributed by atoms with Gasteiger partial charge in [0.2, 0.25) is 0 Å². The van der Waals surface area contributed by atoms with Crippen molar-refractivity contribution in [3.63, 3.8) is 0 Å². The van der Waals surface area contributed by atoms with E-state index in [1.54, 1.807) is 0 Å². The molecule has 0 aromatic heterocycles. The van der Waals surface area contributed by atoms with Gasteiger partial charge in [-0.25, -0.2) is 4.79 Å². The molecule has 480 valence electrons. The molecule has 28 heteroatoms. The number of hydrogen-bond donors (Lipinski definition) is 4. The van der Waals surface area contributed by atoms with E-state index in [2.05, 4.69) is 6.58 Å². The van der Waals surface area contributed by atoms with Gasteiger partial charge in [-0.05, 0) is 206 Å². The van der Waals surface area contributed by atoms with Crippen LogP contribution in [-0.2, 0) is 28.5 Å². The van der Waals surface area contributed by atoms with Gasteiger partial charge < -0.3 is 44.1 Å². The molecule has 0 heterocycles. The van der Waals surface area contributed by atoms with Gasteiger partial charge in [0.1, 0.15) is 28.5 Å². The van der Waals surface area contributed by atoms with Crippen molar-refractivity contribution in [2.24, 2.45) is 35.5 Å². The van der Waals surface area contributed by atoms with E-state index in [-0.39, 0.29) is 31.3 Å². The van der Waals surface area contributed by atoms with Crippen LogP contribution in [0.15, 0.2) is 12.2 Å². The summed E-state index contributed by atoms with van der Waals surface area (Å²) in [5.41, 5.74) is -39.7. The van der Waals surface area contributed by atoms with Crippen LogP contribution >= 0.6 is 0 Å². The van der Waals surface area contributed by atoms with Crippen LogP contribution in [-0.4, -0.2) is 137 Å². The first-order valence-electron chi connectivity index (χ1n) is 25.9. The highest BCUT2D eigenvalue weighted by Gasteiger charge is 2.80. The maximum Gasteiger partial charge on any atom is 0.429 e. The Kier molecular flexibility index (Phi) is 20.4. The van der Waals surface area contributed by atoms with Gasteiger partial charge >= 0.3 is 43.0 Å². The topological polar surface area (TPSA) is 144 Å². The molecule has 81 heavy (non-hydrogen) atoms. The molecule has 0 saturated heterocycles. The summed E-state index contributed by atoms with van der Waals surface area (Å²) >= 11 is 0. The van der Waals surface area contributed by atoms with Gasteiger partial charge in [-0.3, -0.25) is 0 Å². The Balaban J connectivity index is 3.11. The number of aliphatic hydroxyl groups is 4. The Morgan fingerprint density at radius 3 is 0.815 bits per heavy atom. The molecule has 0 radical (unpaired) electrons. The number of carbonyl (C=O) groups is 1. The van der Waals surface area contributed by atoms with Crippen molar-refractivity contribution in [2.45, 2.75) is 280 Å². The van der Waals surface area contributed by atoms with Crippen molar-refractivity contribution in [1.29, 1.82) is 0 Å². The van der Waals surface area contributed by atoms with Crippen molar-refractivity contribution in [2.75, 3.05) is 0 Å². The van der Waals surface area contributed by atoms with Gasteiger partial charge in [-0.15, -0.1) is 0 Å². The molecule has 8 atom stereocenters. The third-order valence-electron chi connectivity index (χ3n) is 17.8. The molecule has 0 spiro atoms. The maximum atomic E-state index is 14.5. The third-order valence-corrected chi connectivity index (χ3v) is 17.8.